The van der Waals surface area contributed by atoms with Gasteiger partial charge in [0.25, 0.3) is 0 Å². The molecule has 18 heavy (non-hydrogen) atoms. The minimum absolute atomic E-state index is 0.596. The lowest BCUT2D eigenvalue weighted by Gasteiger charge is -2.37. The van der Waals surface area contributed by atoms with Crippen molar-refractivity contribution in [3.05, 3.63) is 28.8 Å². The molecule has 0 radical (unpaired) electrons. The number of aryl methyl sites for hydroxylation is 2. The van der Waals surface area contributed by atoms with E-state index in [9.17, 15) is 0 Å². The highest BCUT2D eigenvalue weighted by atomic mass is 15.1. The maximum atomic E-state index is 5.75. The first-order valence-electron chi connectivity index (χ1n) is 7.37. The van der Waals surface area contributed by atoms with Crippen molar-refractivity contribution < 1.29 is 0 Å². The van der Waals surface area contributed by atoms with Crippen molar-refractivity contribution in [2.75, 3.05) is 24.5 Å². The molecule has 0 bridgehead atoms. The van der Waals surface area contributed by atoms with Gasteiger partial charge in [-0.2, -0.15) is 0 Å². The van der Waals surface area contributed by atoms with Gasteiger partial charge in [0.2, 0.25) is 0 Å². The van der Waals surface area contributed by atoms with Gasteiger partial charge < -0.3 is 10.6 Å². The molecule has 0 fully saturated rings. The van der Waals surface area contributed by atoms with Crippen molar-refractivity contribution in [1.82, 2.24) is 0 Å². The quantitative estimate of drug-likeness (QED) is 0.885. The third kappa shape index (κ3) is 2.14. The van der Waals surface area contributed by atoms with E-state index < -0.39 is 0 Å². The molecule has 0 aromatic heterocycles. The molecule has 2 heteroatoms. The molecule has 2 aliphatic heterocycles. The summed E-state index contributed by atoms with van der Waals surface area (Å²) in [5.41, 5.74) is 12.0. The minimum Gasteiger partial charge on any atom is -0.371 e. The molecule has 2 heterocycles. The number of anilines is 1. The molecule has 2 N–H and O–H groups in total. The van der Waals surface area contributed by atoms with Crippen molar-refractivity contribution in [1.29, 1.82) is 0 Å². The monoisotopic (exact) mass is 244 g/mol. The first-order chi connectivity index (χ1) is 8.78. The summed E-state index contributed by atoms with van der Waals surface area (Å²) in [6.07, 6.45) is 6.31. The maximum absolute atomic E-state index is 5.75. The predicted octanol–water partition coefficient (Wildman–Crippen LogP) is 2.52. The maximum Gasteiger partial charge on any atom is 0.0431 e. The molecule has 1 aromatic carbocycles. The zero-order chi connectivity index (χ0) is 12.5. The van der Waals surface area contributed by atoms with Crippen LogP contribution >= 0.6 is 0 Å². The molecule has 1 unspecified atom stereocenters. The highest BCUT2D eigenvalue weighted by Gasteiger charge is 2.24. The number of nitrogens with zero attached hydrogens (tertiary/aromatic N) is 1. The van der Waals surface area contributed by atoms with E-state index in [1.807, 2.05) is 0 Å². The van der Waals surface area contributed by atoms with Gasteiger partial charge in [0.05, 0.1) is 0 Å². The Morgan fingerprint density at radius 2 is 1.78 bits per heavy atom. The van der Waals surface area contributed by atoms with Crippen LogP contribution in [0.1, 0.15) is 36.5 Å². The van der Waals surface area contributed by atoms with Crippen molar-refractivity contribution in [3.8, 4) is 0 Å². The van der Waals surface area contributed by atoms with Crippen LogP contribution in [0.5, 0.6) is 0 Å². The number of hydrogen-bond acceptors (Lipinski definition) is 2. The van der Waals surface area contributed by atoms with E-state index >= 15 is 0 Å². The van der Waals surface area contributed by atoms with Crippen LogP contribution < -0.4 is 10.6 Å². The first-order valence-corrected chi connectivity index (χ1v) is 7.37. The molecule has 0 saturated heterocycles. The van der Waals surface area contributed by atoms with Gasteiger partial charge in [-0.3, -0.25) is 0 Å². The fourth-order valence-corrected chi connectivity index (χ4v) is 3.48. The molecule has 0 aliphatic carbocycles. The van der Waals surface area contributed by atoms with Crippen LogP contribution in [0.25, 0.3) is 0 Å². The molecule has 1 aromatic rings. The molecule has 98 valence electrons. The van der Waals surface area contributed by atoms with Gasteiger partial charge in [0, 0.05) is 18.8 Å². The van der Waals surface area contributed by atoms with E-state index in [1.54, 1.807) is 16.8 Å². The number of nitrogens with two attached hydrogens (primary N) is 1. The summed E-state index contributed by atoms with van der Waals surface area (Å²) < 4.78 is 0. The molecule has 2 nitrogen and oxygen atoms in total. The Morgan fingerprint density at radius 3 is 2.33 bits per heavy atom. The van der Waals surface area contributed by atoms with Crippen LogP contribution in [-0.2, 0) is 19.3 Å². The zero-order valence-corrected chi connectivity index (χ0v) is 11.4. The SMILES string of the molecule is CC(CN)Cc1cc2c3c(c1)CCCN3CCC2. The second-order valence-electron chi connectivity index (χ2n) is 6.00. The van der Waals surface area contributed by atoms with Gasteiger partial charge in [-0.05, 0) is 61.3 Å². The molecule has 1 atom stereocenters. The number of rotatable bonds is 3. The minimum atomic E-state index is 0.596. The number of benzene rings is 1. The fraction of sp³-hybridized carbons (Fsp3) is 0.625. The van der Waals surface area contributed by atoms with Gasteiger partial charge in [-0.1, -0.05) is 19.1 Å². The van der Waals surface area contributed by atoms with Crippen LogP contribution in [0.15, 0.2) is 12.1 Å². The molecular formula is C16H24N2. The Kier molecular flexibility index (Phi) is 3.29. The van der Waals surface area contributed by atoms with Crippen LogP contribution in [-0.4, -0.2) is 19.6 Å². The molecule has 2 aliphatic rings. The van der Waals surface area contributed by atoms with Crippen molar-refractivity contribution in [2.24, 2.45) is 11.7 Å². The number of hydrogen-bond donors (Lipinski definition) is 1. The van der Waals surface area contributed by atoms with E-state index in [0.29, 0.717) is 5.92 Å². The van der Waals surface area contributed by atoms with Crippen molar-refractivity contribution in [3.63, 3.8) is 0 Å². The average molecular weight is 244 g/mol. The van der Waals surface area contributed by atoms with E-state index in [4.69, 9.17) is 5.73 Å². The lowest BCUT2D eigenvalue weighted by Crippen LogP contribution is -2.34. The highest BCUT2D eigenvalue weighted by Crippen LogP contribution is 2.36. The highest BCUT2D eigenvalue weighted by molar-refractivity contribution is 5.64. The Morgan fingerprint density at radius 1 is 1.17 bits per heavy atom. The van der Waals surface area contributed by atoms with Gasteiger partial charge >= 0.3 is 0 Å². The normalized spacial score (nSPS) is 19.6. The molecule has 0 saturated carbocycles. The third-order valence-corrected chi connectivity index (χ3v) is 4.38. The first kappa shape index (κ1) is 12.0. The fourth-order valence-electron chi connectivity index (χ4n) is 3.48. The summed E-state index contributed by atoms with van der Waals surface area (Å²) in [4.78, 5) is 2.60. The summed E-state index contributed by atoms with van der Waals surface area (Å²) in [6, 6.07) is 4.89. The molecule has 0 amide bonds. The van der Waals surface area contributed by atoms with Gasteiger partial charge in [-0.25, -0.2) is 0 Å². The Hall–Kier alpha value is -1.02. The van der Waals surface area contributed by atoms with Crippen LogP contribution in [0.2, 0.25) is 0 Å². The molecule has 3 rings (SSSR count). The van der Waals surface area contributed by atoms with E-state index in [1.165, 1.54) is 44.3 Å². The topological polar surface area (TPSA) is 29.3 Å². The third-order valence-electron chi connectivity index (χ3n) is 4.38. The lowest BCUT2D eigenvalue weighted by molar-refractivity contribution is 0.588. The predicted molar refractivity (Wildman–Crippen MR) is 77.2 cm³/mol. The van der Waals surface area contributed by atoms with E-state index in [0.717, 1.165) is 13.0 Å². The molecule has 0 spiro atoms. The summed E-state index contributed by atoms with van der Waals surface area (Å²) in [5, 5.41) is 0. The second-order valence-corrected chi connectivity index (χ2v) is 6.00. The average Bonchev–Trinajstić information content (AvgIpc) is 2.39. The van der Waals surface area contributed by atoms with Crippen LogP contribution in [0.3, 0.4) is 0 Å². The largest absolute Gasteiger partial charge is 0.371 e. The Labute approximate surface area is 110 Å². The van der Waals surface area contributed by atoms with Crippen molar-refractivity contribution in [2.45, 2.75) is 39.0 Å². The van der Waals surface area contributed by atoms with E-state index in [2.05, 4.69) is 24.0 Å². The molecular weight excluding hydrogens is 220 g/mol. The van der Waals surface area contributed by atoms with Gasteiger partial charge in [0.15, 0.2) is 0 Å². The van der Waals surface area contributed by atoms with Gasteiger partial charge in [-0.15, -0.1) is 0 Å². The standard InChI is InChI=1S/C16H24N2/c1-12(11-17)8-13-9-14-4-2-6-18-7-3-5-15(10-13)16(14)18/h9-10,12H,2-8,11,17H2,1H3. The lowest BCUT2D eigenvalue weighted by atomic mass is 9.88. The summed E-state index contributed by atoms with van der Waals surface area (Å²) in [5.74, 6) is 0.596. The Balaban J connectivity index is 1.95. The summed E-state index contributed by atoms with van der Waals surface area (Å²) in [7, 11) is 0. The summed E-state index contributed by atoms with van der Waals surface area (Å²) in [6.45, 7) is 5.56. The van der Waals surface area contributed by atoms with Crippen molar-refractivity contribution >= 4 is 5.69 Å². The second kappa shape index (κ2) is 4.93. The smallest absolute Gasteiger partial charge is 0.0431 e. The Bertz CT molecular complexity index is 408. The van der Waals surface area contributed by atoms with E-state index in [-0.39, 0.29) is 0 Å². The van der Waals surface area contributed by atoms with Gasteiger partial charge in [0.1, 0.15) is 0 Å². The van der Waals surface area contributed by atoms with Crippen LogP contribution in [0, 0.1) is 5.92 Å². The van der Waals surface area contributed by atoms with Crippen LogP contribution in [0.4, 0.5) is 5.69 Å². The zero-order valence-electron chi connectivity index (χ0n) is 11.4. The summed E-state index contributed by atoms with van der Waals surface area (Å²) >= 11 is 0.